The first-order valence-electron chi connectivity index (χ1n) is 7.53. The summed E-state index contributed by atoms with van der Waals surface area (Å²) in [6.45, 7) is 6.57. The minimum atomic E-state index is -1.29. The zero-order valence-electron chi connectivity index (χ0n) is 14.2. The van der Waals surface area contributed by atoms with E-state index in [1.54, 1.807) is 20.8 Å². The highest BCUT2D eigenvalue weighted by molar-refractivity contribution is 5.78. The summed E-state index contributed by atoms with van der Waals surface area (Å²) in [6, 6.07) is 0. The average molecular weight is 334 g/mol. The number of hydrogen-bond donors (Lipinski definition) is 0. The molecule has 134 valence electrons. The second-order valence-corrected chi connectivity index (χ2v) is 4.88. The van der Waals surface area contributed by atoms with E-state index in [9.17, 15) is 14.4 Å². The molecule has 8 nitrogen and oxygen atoms in total. The van der Waals surface area contributed by atoms with Crippen LogP contribution in [0.4, 0.5) is 0 Å². The highest BCUT2D eigenvalue weighted by Gasteiger charge is 2.38. The van der Waals surface area contributed by atoms with Crippen molar-refractivity contribution in [3.63, 3.8) is 0 Å². The van der Waals surface area contributed by atoms with Crippen LogP contribution in [0.15, 0.2) is 0 Å². The Bertz CT molecular complexity index is 356. The van der Waals surface area contributed by atoms with E-state index in [0.29, 0.717) is 13.2 Å². The van der Waals surface area contributed by atoms with E-state index < -0.39 is 23.3 Å². The van der Waals surface area contributed by atoms with Gasteiger partial charge < -0.3 is 23.7 Å². The molecule has 0 saturated carbocycles. The van der Waals surface area contributed by atoms with Crippen LogP contribution >= 0.6 is 0 Å². The molecule has 0 aliphatic rings. The zero-order chi connectivity index (χ0) is 17.7. The Labute approximate surface area is 136 Å². The molecule has 0 saturated heterocycles. The van der Waals surface area contributed by atoms with Gasteiger partial charge in [0.05, 0.1) is 6.61 Å². The van der Waals surface area contributed by atoms with Gasteiger partial charge in [-0.1, -0.05) is 0 Å². The number of carbonyl (C=O) groups excluding carboxylic acids is 3. The number of rotatable bonds is 12. The Morgan fingerprint density at radius 1 is 0.739 bits per heavy atom. The Hall–Kier alpha value is -1.67. The molecule has 0 bridgehead atoms. The number of carbonyl (C=O) groups is 3. The van der Waals surface area contributed by atoms with Crippen LogP contribution in [0.1, 0.15) is 27.7 Å². The van der Waals surface area contributed by atoms with Crippen molar-refractivity contribution in [3.05, 3.63) is 0 Å². The van der Waals surface area contributed by atoms with E-state index in [-0.39, 0.29) is 33.0 Å². The van der Waals surface area contributed by atoms with Crippen LogP contribution in [-0.4, -0.2) is 64.2 Å². The van der Waals surface area contributed by atoms with E-state index >= 15 is 0 Å². The number of esters is 3. The normalized spacial score (nSPS) is 11.0. The lowest BCUT2D eigenvalue weighted by atomic mass is 9.93. The third-order valence-electron chi connectivity index (χ3n) is 2.72. The third-order valence-corrected chi connectivity index (χ3v) is 2.72. The van der Waals surface area contributed by atoms with Crippen LogP contribution in [0, 0.1) is 5.41 Å². The van der Waals surface area contributed by atoms with E-state index in [4.69, 9.17) is 23.7 Å². The van der Waals surface area contributed by atoms with E-state index in [1.807, 2.05) is 0 Å². The van der Waals surface area contributed by atoms with Crippen molar-refractivity contribution >= 4 is 17.9 Å². The van der Waals surface area contributed by atoms with Crippen molar-refractivity contribution < 1.29 is 38.1 Å². The van der Waals surface area contributed by atoms with Crippen molar-refractivity contribution in [1.82, 2.24) is 0 Å². The predicted molar refractivity (Wildman–Crippen MR) is 79.6 cm³/mol. The molecule has 0 atom stereocenters. The molecule has 0 N–H and O–H groups in total. The lowest BCUT2D eigenvalue weighted by Crippen LogP contribution is -2.41. The molecular weight excluding hydrogens is 308 g/mol. The highest BCUT2D eigenvalue weighted by atomic mass is 16.6. The summed E-state index contributed by atoms with van der Waals surface area (Å²) in [6.07, 6.45) is 0. The largest absolute Gasteiger partial charge is 0.465 e. The first-order chi connectivity index (χ1) is 10.9. The van der Waals surface area contributed by atoms with Gasteiger partial charge in [0.1, 0.15) is 31.8 Å². The van der Waals surface area contributed by atoms with Crippen molar-refractivity contribution in [2.24, 2.45) is 5.41 Å². The second-order valence-electron chi connectivity index (χ2n) is 4.88. The van der Waals surface area contributed by atoms with Gasteiger partial charge in [-0.3, -0.25) is 4.79 Å². The Morgan fingerprint density at radius 3 is 1.52 bits per heavy atom. The summed E-state index contributed by atoms with van der Waals surface area (Å²) >= 11 is 0. The van der Waals surface area contributed by atoms with Gasteiger partial charge in [-0.25, -0.2) is 9.59 Å². The fourth-order valence-corrected chi connectivity index (χ4v) is 1.40. The molecule has 0 aliphatic heterocycles. The lowest BCUT2D eigenvalue weighted by Gasteiger charge is -2.26. The van der Waals surface area contributed by atoms with Crippen molar-refractivity contribution in [2.75, 3.05) is 46.2 Å². The SMILES string of the molecule is CCOCC(=O)OCC(C)(COC(=O)COCC)C(=O)OCC. The monoisotopic (exact) mass is 334 g/mol. The van der Waals surface area contributed by atoms with Gasteiger partial charge in [0.25, 0.3) is 0 Å². The maximum Gasteiger partial charge on any atom is 0.332 e. The van der Waals surface area contributed by atoms with Gasteiger partial charge in [0.2, 0.25) is 0 Å². The maximum absolute atomic E-state index is 12.1. The topological polar surface area (TPSA) is 97.4 Å². The van der Waals surface area contributed by atoms with E-state index in [1.165, 1.54) is 6.92 Å². The van der Waals surface area contributed by atoms with Gasteiger partial charge in [-0.15, -0.1) is 0 Å². The van der Waals surface area contributed by atoms with Crippen molar-refractivity contribution in [3.8, 4) is 0 Å². The van der Waals surface area contributed by atoms with Crippen LogP contribution in [0.2, 0.25) is 0 Å². The predicted octanol–water partition coefficient (Wildman–Crippen LogP) is 0.715. The maximum atomic E-state index is 12.1. The highest BCUT2D eigenvalue weighted by Crippen LogP contribution is 2.20. The fraction of sp³-hybridized carbons (Fsp3) is 0.800. The Balaban J connectivity index is 4.60. The lowest BCUT2D eigenvalue weighted by molar-refractivity contribution is -0.172. The van der Waals surface area contributed by atoms with E-state index in [0.717, 1.165) is 0 Å². The van der Waals surface area contributed by atoms with Crippen LogP contribution < -0.4 is 0 Å². The third kappa shape index (κ3) is 9.14. The van der Waals surface area contributed by atoms with Crippen molar-refractivity contribution in [2.45, 2.75) is 27.7 Å². The van der Waals surface area contributed by atoms with Gasteiger partial charge in [-0.05, 0) is 27.7 Å². The summed E-state index contributed by atoms with van der Waals surface area (Å²) in [4.78, 5) is 35.0. The Morgan fingerprint density at radius 2 is 1.17 bits per heavy atom. The van der Waals surface area contributed by atoms with Gasteiger partial charge >= 0.3 is 17.9 Å². The van der Waals surface area contributed by atoms with Crippen LogP contribution in [0.3, 0.4) is 0 Å². The minimum Gasteiger partial charge on any atom is -0.465 e. The second kappa shape index (κ2) is 11.8. The summed E-state index contributed by atoms with van der Waals surface area (Å²) in [7, 11) is 0. The quantitative estimate of drug-likeness (QED) is 0.380. The van der Waals surface area contributed by atoms with Gasteiger partial charge in [-0.2, -0.15) is 0 Å². The van der Waals surface area contributed by atoms with Gasteiger partial charge in [0, 0.05) is 13.2 Å². The molecule has 0 fully saturated rings. The first kappa shape index (κ1) is 21.3. The molecular formula is C15H26O8. The summed E-state index contributed by atoms with van der Waals surface area (Å²) in [5.74, 6) is -1.83. The smallest absolute Gasteiger partial charge is 0.332 e. The molecule has 0 heterocycles. The van der Waals surface area contributed by atoms with Crippen LogP contribution in [0.5, 0.6) is 0 Å². The molecule has 0 rings (SSSR count). The molecule has 0 aromatic rings. The standard InChI is InChI=1S/C15H26O8/c1-5-19-8-12(16)22-10-15(4,14(18)21-7-3)11-23-13(17)9-20-6-2/h5-11H2,1-4H3. The van der Waals surface area contributed by atoms with Crippen molar-refractivity contribution in [1.29, 1.82) is 0 Å². The number of hydrogen-bond acceptors (Lipinski definition) is 8. The molecule has 0 aliphatic carbocycles. The molecule has 0 spiro atoms. The molecule has 23 heavy (non-hydrogen) atoms. The van der Waals surface area contributed by atoms with Crippen LogP contribution in [-0.2, 0) is 38.1 Å². The summed E-state index contributed by atoms with van der Waals surface area (Å²) < 4.78 is 24.8. The molecule has 0 aromatic carbocycles. The van der Waals surface area contributed by atoms with Crippen LogP contribution in [0.25, 0.3) is 0 Å². The average Bonchev–Trinajstić information content (AvgIpc) is 2.54. The van der Waals surface area contributed by atoms with E-state index in [2.05, 4.69) is 0 Å². The molecule has 0 unspecified atom stereocenters. The minimum absolute atomic E-state index is 0.161. The zero-order valence-corrected chi connectivity index (χ0v) is 14.2. The van der Waals surface area contributed by atoms with Gasteiger partial charge in [0.15, 0.2) is 0 Å². The molecule has 0 aromatic heterocycles. The molecule has 0 radical (unpaired) electrons. The summed E-state index contributed by atoms with van der Waals surface area (Å²) in [5, 5.41) is 0. The fourth-order valence-electron chi connectivity index (χ4n) is 1.40. The number of ether oxygens (including phenoxy) is 5. The summed E-state index contributed by atoms with van der Waals surface area (Å²) in [5.41, 5.74) is -1.29. The Kier molecular flexibility index (Phi) is 11.0. The molecule has 0 amide bonds. The molecule has 8 heteroatoms. The first-order valence-corrected chi connectivity index (χ1v) is 7.53.